The van der Waals surface area contributed by atoms with Gasteiger partial charge < -0.3 is 0 Å². The Morgan fingerprint density at radius 1 is 0.824 bits per heavy atom. The van der Waals surface area contributed by atoms with E-state index in [9.17, 15) is 0 Å². The molecular weight excluding hydrogens is 319 g/mol. The number of halogens is 1. The van der Waals surface area contributed by atoms with E-state index in [0.717, 1.165) is 0 Å². The molecule has 2 aromatic carbocycles. The maximum Gasteiger partial charge on any atom is -0.0121 e. The van der Waals surface area contributed by atoms with Crippen LogP contribution < -0.4 is 0 Å². The van der Waals surface area contributed by atoms with Crippen LogP contribution in [0.5, 0.6) is 0 Å². The van der Waals surface area contributed by atoms with E-state index in [-0.39, 0.29) is 0 Å². The SMILES string of the molecule is C/C(=C/c1ccccc1)c1ccccc1.CI. The van der Waals surface area contributed by atoms with Crippen LogP contribution >= 0.6 is 22.6 Å². The molecule has 0 nitrogen and oxygen atoms in total. The number of hydrogen-bond acceptors (Lipinski definition) is 0. The average Bonchev–Trinajstić information content (AvgIpc) is 2.43. The molecule has 0 aliphatic heterocycles. The molecule has 0 saturated heterocycles. The molecule has 0 heterocycles. The second kappa shape index (κ2) is 8.07. The van der Waals surface area contributed by atoms with Gasteiger partial charge in [-0.3, -0.25) is 0 Å². The van der Waals surface area contributed by atoms with Crippen LogP contribution in [-0.4, -0.2) is 4.93 Å². The van der Waals surface area contributed by atoms with Crippen molar-refractivity contribution in [2.75, 3.05) is 4.93 Å². The molecule has 17 heavy (non-hydrogen) atoms. The fourth-order valence-corrected chi connectivity index (χ4v) is 1.58. The minimum atomic E-state index is 1.25. The lowest BCUT2D eigenvalue weighted by Gasteiger charge is -2.01. The number of alkyl halides is 1. The molecule has 0 amide bonds. The zero-order valence-corrected chi connectivity index (χ0v) is 12.4. The van der Waals surface area contributed by atoms with Crippen LogP contribution in [-0.2, 0) is 0 Å². The normalized spacial score (nSPS) is 10.4. The number of benzene rings is 2. The van der Waals surface area contributed by atoms with Crippen molar-refractivity contribution in [3.8, 4) is 0 Å². The first-order valence-electron chi connectivity index (χ1n) is 5.53. The summed E-state index contributed by atoms with van der Waals surface area (Å²) < 4.78 is 0. The van der Waals surface area contributed by atoms with E-state index >= 15 is 0 Å². The lowest BCUT2D eigenvalue weighted by atomic mass is 10.0. The highest BCUT2D eigenvalue weighted by molar-refractivity contribution is 14.1. The van der Waals surface area contributed by atoms with Crippen molar-refractivity contribution in [1.29, 1.82) is 0 Å². The van der Waals surface area contributed by atoms with Crippen molar-refractivity contribution in [1.82, 2.24) is 0 Å². The summed E-state index contributed by atoms with van der Waals surface area (Å²) in [6, 6.07) is 20.8. The molecule has 0 aromatic heterocycles. The lowest BCUT2D eigenvalue weighted by Crippen LogP contribution is -1.78. The maximum atomic E-state index is 2.20. The van der Waals surface area contributed by atoms with E-state index in [0.29, 0.717) is 0 Å². The molecule has 0 radical (unpaired) electrons. The highest BCUT2D eigenvalue weighted by Crippen LogP contribution is 2.16. The van der Waals surface area contributed by atoms with Gasteiger partial charge in [-0.25, -0.2) is 0 Å². The molecule has 0 N–H and O–H groups in total. The maximum absolute atomic E-state index is 2.20. The van der Waals surface area contributed by atoms with Crippen LogP contribution in [0.3, 0.4) is 0 Å². The minimum Gasteiger partial charge on any atom is -0.0901 e. The van der Waals surface area contributed by atoms with Crippen LogP contribution in [0.2, 0.25) is 0 Å². The molecule has 0 aliphatic carbocycles. The zero-order valence-electron chi connectivity index (χ0n) is 10.2. The lowest BCUT2D eigenvalue weighted by molar-refractivity contribution is 1.57. The average molecular weight is 336 g/mol. The Morgan fingerprint density at radius 2 is 1.29 bits per heavy atom. The fourth-order valence-electron chi connectivity index (χ4n) is 1.58. The van der Waals surface area contributed by atoms with Gasteiger partial charge in [-0.05, 0) is 28.6 Å². The first-order valence-corrected chi connectivity index (χ1v) is 7.68. The van der Waals surface area contributed by atoms with Crippen LogP contribution in [0.4, 0.5) is 0 Å². The Balaban J connectivity index is 0.000000686. The predicted octanol–water partition coefficient (Wildman–Crippen LogP) is 5.30. The van der Waals surface area contributed by atoms with Gasteiger partial charge in [0, 0.05) is 0 Å². The van der Waals surface area contributed by atoms with E-state index in [1.807, 2.05) is 17.1 Å². The standard InChI is InChI=1S/C15H14.CH3I/c1-13(15-10-6-3-7-11-15)12-14-8-4-2-5-9-14;1-2/h2-12H,1H3;1H3/b13-12-;. The van der Waals surface area contributed by atoms with Crippen molar-refractivity contribution in [3.05, 3.63) is 71.8 Å². The van der Waals surface area contributed by atoms with Crippen LogP contribution in [0.25, 0.3) is 11.6 Å². The second-order valence-corrected chi connectivity index (χ2v) is 3.60. The summed E-state index contributed by atoms with van der Waals surface area (Å²) in [4.78, 5) is 1.97. The molecule has 88 valence electrons. The zero-order chi connectivity index (χ0) is 12.5. The highest BCUT2D eigenvalue weighted by Gasteiger charge is 1.93. The first-order chi connectivity index (χ1) is 8.36. The molecule has 1 heteroatoms. The van der Waals surface area contributed by atoms with Crippen molar-refractivity contribution in [2.24, 2.45) is 0 Å². The molecule has 0 aliphatic rings. The van der Waals surface area contributed by atoms with Crippen molar-refractivity contribution in [2.45, 2.75) is 6.92 Å². The van der Waals surface area contributed by atoms with Gasteiger partial charge in [-0.1, -0.05) is 89.3 Å². The largest absolute Gasteiger partial charge is 0.0901 e. The van der Waals surface area contributed by atoms with Gasteiger partial charge in [0.15, 0.2) is 0 Å². The van der Waals surface area contributed by atoms with Gasteiger partial charge in [0.1, 0.15) is 0 Å². The highest BCUT2D eigenvalue weighted by atomic mass is 127. The monoisotopic (exact) mass is 336 g/mol. The summed E-state index contributed by atoms with van der Waals surface area (Å²) in [5, 5.41) is 0. The molecule has 2 aromatic rings. The van der Waals surface area contributed by atoms with E-state index in [1.54, 1.807) is 0 Å². The number of rotatable bonds is 2. The summed E-state index contributed by atoms with van der Waals surface area (Å²) in [5.74, 6) is 0. The van der Waals surface area contributed by atoms with Gasteiger partial charge in [-0.2, -0.15) is 0 Å². The van der Waals surface area contributed by atoms with Gasteiger partial charge in [0.05, 0.1) is 0 Å². The van der Waals surface area contributed by atoms with E-state index in [1.165, 1.54) is 16.7 Å². The summed E-state index contributed by atoms with van der Waals surface area (Å²) in [7, 11) is 0. The summed E-state index contributed by atoms with van der Waals surface area (Å²) in [6.07, 6.45) is 2.20. The van der Waals surface area contributed by atoms with Crippen LogP contribution in [0.15, 0.2) is 60.7 Å². The second-order valence-electron chi connectivity index (χ2n) is 3.60. The third-order valence-electron chi connectivity index (χ3n) is 2.41. The third-order valence-corrected chi connectivity index (χ3v) is 2.41. The Kier molecular flexibility index (Phi) is 6.63. The summed E-state index contributed by atoms with van der Waals surface area (Å²) >= 11 is 2.15. The first kappa shape index (κ1) is 14.0. The van der Waals surface area contributed by atoms with Gasteiger partial charge in [0.25, 0.3) is 0 Å². The van der Waals surface area contributed by atoms with Crippen molar-refractivity contribution >= 4 is 34.2 Å². The molecule has 2 rings (SSSR count). The van der Waals surface area contributed by atoms with E-state index < -0.39 is 0 Å². The smallest absolute Gasteiger partial charge is 0.0121 e. The molecule has 0 bridgehead atoms. The van der Waals surface area contributed by atoms with Crippen molar-refractivity contribution in [3.63, 3.8) is 0 Å². The Labute approximate surface area is 118 Å². The molecule has 0 saturated carbocycles. The van der Waals surface area contributed by atoms with Gasteiger partial charge in [-0.15, -0.1) is 0 Å². The molecule has 0 atom stereocenters. The number of hydrogen-bond donors (Lipinski definition) is 0. The third kappa shape index (κ3) is 4.73. The molecule has 0 unspecified atom stereocenters. The fraction of sp³-hybridized carbons (Fsp3) is 0.125. The predicted molar refractivity (Wildman–Crippen MR) is 86.4 cm³/mol. The molecule has 0 spiro atoms. The summed E-state index contributed by atoms with van der Waals surface area (Å²) in [6.45, 7) is 2.14. The quantitative estimate of drug-likeness (QED) is 0.397. The summed E-state index contributed by atoms with van der Waals surface area (Å²) in [5.41, 5.74) is 3.82. The van der Waals surface area contributed by atoms with E-state index in [2.05, 4.69) is 84.1 Å². The van der Waals surface area contributed by atoms with Crippen LogP contribution in [0, 0.1) is 0 Å². The minimum absolute atomic E-state index is 1.25. The topological polar surface area (TPSA) is 0 Å². The molecule has 0 fully saturated rings. The van der Waals surface area contributed by atoms with Gasteiger partial charge in [0.2, 0.25) is 0 Å². The van der Waals surface area contributed by atoms with E-state index in [4.69, 9.17) is 0 Å². The Bertz CT molecular complexity index is 443. The Hall–Kier alpha value is -1.09. The molecular formula is C16H17I. The van der Waals surface area contributed by atoms with Gasteiger partial charge >= 0.3 is 0 Å². The Morgan fingerprint density at radius 3 is 1.82 bits per heavy atom. The van der Waals surface area contributed by atoms with Crippen LogP contribution in [0.1, 0.15) is 18.1 Å². The number of allylic oxidation sites excluding steroid dienone is 1. The van der Waals surface area contributed by atoms with Crippen molar-refractivity contribution < 1.29 is 0 Å².